The van der Waals surface area contributed by atoms with Crippen LogP contribution in [0.25, 0.3) is 0 Å². The van der Waals surface area contributed by atoms with Gasteiger partial charge in [-0.1, -0.05) is 0 Å². The zero-order valence-electron chi connectivity index (χ0n) is 11.0. The van der Waals surface area contributed by atoms with Crippen molar-refractivity contribution in [1.29, 1.82) is 0 Å². The second-order valence-electron chi connectivity index (χ2n) is 4.84. The van der Waals surface area contributed by atoms with Gasteiger partial charge in [0.05, 0.1) is 19.6 Å². The summed E-state index contributed by atoms with van der Waals surface area (Å²) in [7, 11) is 0. The zero-order chi connectivity index (χ0) is 14.5. The highest BCUT2D eigenvalue weighted by atomic mass is 19.1. The molecule has 20 heavy (non-hydrogen) atoms. The number of carboxylic acids is 1. The molecule has 1 aromatic carbocycles. The van der Waals surface area contributed by atoms with E-state index >= 15 is 0 Å². The van der Waals surface area contributed by atoms with Crippen LogP contribution in [-0.2, 0) is 16.0 Å². The van der Waals surface area contributed by atoms with Crippen LogP contribution in [0.2, 0.25) is 0 Å². The van der Waals surface area contributed by atoms with Gasteiger partial charge in [0.25, 0.3) is 0 Å². The van der Waals surface area contributed by atoms with E-state index in [4.69, 9.17) is 9.84 Å². The molecule has 2 rings (SSSR count). The number of halogens is 2. The van der Waals surface area contributed by atoms with Crippen LogP contribution >= 0.6 is 0 Å². The van der Waals surface area contributed by atoms with Crippen LogP contribution in [0.1, 0.15) is 12.0 Å². The first-order valence-corrected chi connectivity index (χ1v) is 6.54. The number of benzene rings is 1. The van der Waals surface area contributed by atoms with E-state index in [0.717, 1.165) is 18.2 Å². The lowest BCUT2D eigenvalue weighted by atomic mass is 10.0. The number of hydrogen-bond acceptors (Lipinski definition) is 3. The number of carbonyl (C=O) groups is 1. The molecule has 110 valence electrons. The van der Waals surface area contributed by atoms with Crippen molar-refractivity contribution in [2.45, 2.75) is 18.9 Å². The van der Waals surface area contributed by atoms with Gasteiger partial charge in [-0.2, -0.15) is 0 Å². The number of carboxylic acid groups (broad SMARTS) is 1. The maximum atomic E-state index is 13.7. The third-order valence-corrected chi connectivity index (χ3v) is 3.44. The van der Waals surface area contributed by atoms with Crippen LogP contribution in [0.15, 0.2) is 18.2 Å². The minimum Gasteiger partial charge on any atom is -0.481 e. The minimum absolute atomic E-state index is 0.101. The standard InChI is InChI=1S/C14H17F2NO3/c15-11-1-2-13(16)10(7-11)8-12(9-14(18)19)17-3-5-20-6-4-17/h1-2,7,12H,3-6,8-9H2,(H,18,19). The predicted molar refractivity (Wildman–Crippen MR) is 68.5 cm³/mol. The Hall–Kier alpha value is -1.53. The fraction of sp³-hybridized carbons (Fsp3) is 0.500. The number of morpholine rings is 1. The molecule has 0 radical (unpaired) electrons. The van der Waals surface area contributed by atoms with E-state index in [1.807, 2.05) is 4.90 Å². The first kappa shape index (κ1) is 14.9. The maximum absolute atomic E-state index is 13.7. The highest BCUT2D eigenvalue weighted by molar-refractivity contribution is 5.67. The van der Waals surface area contributed by atoms with Crippen LogP contribution in [0.3, 0.4) is 0 Å². The Morgan fingerprint density at radius 3 is 2.70 bits per heavy atom. The second-order valence-corrected chi connectivity index (χ2v) is 4.84. The third kappa shape index (κ3) is 3.98. The molecule has 1 aliphatic rings. The van der Waals surface area contributed by atoms with Crippen molar-refractivity contribution in [3.63, 3.8) is 0 Å². The summed E-state index contributed by atoms with van der Waals surface area (Å²) in [5.74, 6) is -1.97. The van der Waals surface area contributed by atoms with E-state index < -0.39 is 17.6 Å². The highest BCUT2D eigenvalue weighted by Gasteiger charge is 2.24. The summed E-state index contributed by atoms with van der Waals surface area (Å²) in [6.45, 7) is 2.27. The van der Waals surface area contributed by atoms with Crippen molar-refractivity contribution < 1.29 is 23.4 Å². The normalized spacial score (nSPS) is 17.9. The maximum Gasteiger partial charge on any atom is 0.304 e. The molecule has 1 N–H and O–H groups in total. The zero-order valence-corrected chi connectivity index (χ0v) is 11.0. The van der Waals surface area contributed by atoms with Crippen molar-refractivity contribution in [2.24, 2.45) is 0 Å². The average Bonchev–Trinajstić information content (AvgIpc) is 2.42. The van der Waals surface area contributed by atoms with Crippen molar-refractivity contribution in [3.8, 4) is 0 Å². The fourth-order valence-corrected chi connectivity index (χ4v) is 2.43. The summed E-state index contributed by atoms with van der Waals surface area (Å²) in [6, 6.07) is 2.90. The van der Waals surface area contributed by atoms with Gasteiger partial charge >= 0.3 is 5.97 Å². The van der Waals surface area contributed by atoms with Crippen molar-refractivity contribution in [3.05, 3.63) is 35.4 Å². The summed E-state index contributed by atoms with van der Waals surface area (Å²) in [5.41, 5.74) is 0.211. The van der Waals surface area contributed by atoms with Crippen molar-refractivity contribution in [1.82, 2.24) is 4.90 Å². The number of ether oxygens (including phenoxy) is 1. The molecule has 4 nitrogen and oxygen atoms in total. The van der Waals surface area contributed by atoms with Gasteiger partial charge in [0.15, 0.2) is 0 Å². The van der Waals surface area contributed by atoms with Gasteiger partial charge in [-0.3, -0.25) is 9.69 Å². The molecule has 6 heteroatoms. The molecular formula is C14H17F2NO3. The highest BCUT2D eigenvalue weighted by Crippen LogP contribution is 2.17. The molecule has 1 unspecified atom stereocenters. The molecule has 0 aromatic heterocycles. The smallest absolute Gasteiger partial charge is 0.304 e. The van der Waals surface area contributed by atoms with Crippen LogP contribution in [0.5, 0.6) is 0 Å². The summed E-state index contributed by atoms with van der Waals surface area (Å²) >= 11 is 0. The lowest BCUT2D eigenvalue weighted by Gasteiger charge is -2.33. The van der Waals surface area contributed by atoms with E-state index in [-0.39, 0.29) is 24.4 Å². The summed E-state index contributed by atoms with van der Waals surface area (Å²) < 4.78 is 32.1. The monoisotopic (exact) mass is 285 g/mol. The van der Waals surface area contributed by atoms with Crippen LogP contribution in [0, 0.1) is 11.6 Å². The summed E-state index contributed by atoms with van der Waals surface area (Å²) in [5, 5.41) is 8.99. The van der Waals surface area contributed by atoms with Gasteiger partial charge in [-0.15, -0.1) is 0 Å². The molecule has 0 aliphatic carbocycles. The Balaban J connectivity index is 2.13. The summed E-state index contributed by atoms with van der Waals surface area (Å²) in [6.07, 6.45) is 0.0752. The number of nitrogens with zero attached hydrogens (tertiary/aromatic N) is 1. The Labute approximate surface area is 116 Å². The largest absolute Gasteiger partial charge is 0.481 e. The lowest BCUT2D eigenvalue weighted by molar-refractivity contribution is -0.138. The van der Waals surface area contributed by atoms with E-state index in [0.29, 0.717) is 26.3 Å². The Morgan fingerprint density at radius 2 is 2.05 bits per heavy atom. The number of aliphatic carboxylic acids is 1. The average molecular weight is 285 g/mol. The Bertz CT molecular complexity index is 475. The summed E-state index contributed by atoms with van der Waals surface area (Å²) in [4.78, 5) is 12.9. The first-order valence-electron chi connectivity index (χ1n) is 6.54. The van der Waals surface area contributed by atoms with E-state index in [2.05, 4.69) is 0 Å². The van der Waals surface area contributed by atoms with E-state index in [1.54, 1.807) is 0 Å². The SMILES string of the molecule is O=C(O)CC(Cc1cc(F)ccc1F)N1CCOCC1. The molecule has 1 atom stereocenters. The first-order chi connectivity index (χ1) is 9.56. The minimum atomic E-state index is -0.946. The molecule has 1 heterocycles. The third-order valence-electron chi connectivity index (χ3n) is 3.44. The molecule has 1 aliphatic heterocycles. The van der Waals surface area contributed by atoms with Crippen LogP contribution in [0.4, 0.5) is 8.78 Å². The molecular weight excluding hydrogens is 268 g/mol. The Kier molecular flexibility index (Phi) is 5.03. The molecule has 0 spiro atoms. The van der Waals surface area contributed by atoms with Gasteiger partial charge < -0.3 is 9.84 Å². The molecule has 1 fully saturated rings. The second kappa shape index (κ2) is 6.76. The molecule has 1 saturated heterocycles. The van der Waals surface area contributed by atoms with Gasteiger partial charge in [-0.25, -0.2) is 8.78 Å². The topological polar surface area (TPSA) is 49.8 Å². The van der Waals surface area contributed by atoms with Crippen molar-refractivity contribution in [2.75, 3.05) is 26.3 Å². The van der Waals surface area contributed by atoms with E-state index in [9.17, 15) is 13.6 Å². The number of hydrogen-bond donors (Lipinski definition) is 1. The Morgan fingerprint density at radius 1 is 1.35 bits per heavy atom. The molecule has 0 bridgehead atoms. The molecule has 0 saturated carbocycles. The lowest BCUT2D eigenvalue weighted by Crippen LogP contribution is -2.45. The predicted octanol–water partition coefficient (Wildman–Crippen LogP) is 1.68. The van der Waals surface area contributed by atoms with Crippen molar-refractivity contribution >= 4 is 5.97 Å². The van der Waals surface area contributed by atoms with Crippen LogP contribution < -0.4 is 0 Å². The van der Waals surface area contributed by atoms with E-state index in [1.165, 1.54) is 0 Å². The van der Waals surface area contributed by atoms with Gasteiger partial charge in [0, 0.05) is 19.1 Å². The quantitative estimate of drug-likeness (QED) is 0.894. The fourth-order valence-electron chi connectivity index (χ4n) is 2.43. The number of rotatable bonds is 5. The van der Waals surface area contributed by atoms with Gasteiger partial charge in [-0.05, 0) is 30.2 Å². The molecule has 1 aromatic rings. The van der Waals surface area contributed by atoms with Crippen LogP contribution in [-0.4, -0.2) is 48.3 Å². The van der Waals surface area contributed by atoms with Gasteiger partial charge in [0.1, 0.15) is 11.6 Å². The van der Waals surface area contributed by atoms with Gasteiger partial charge in [0.2, 0.25) is 0 Å². The molecule has 0 amide bonds.